The molecule has 0 unspecified atom stereocenters. The molecule has 0 saturated heterocycles. The molecule has 0 spiro atoms. The summed E-state index contributed by atoms with van der Waals surface area (Å²) in [7, 11) is 0. The Bertz CT molecular complexity index is 660. The van der Waals surface area contributed by atoms with Crippen molar-refractivity contribution in [2.75, 3.05) is 11.4 Å². The molecule has 6 nitrogen and oxygen atoms in total. The second-order valence-corrected chi connectivity index (χ2v) is 5.17. The molecule has 23 heavy (non-hydrogen) atoms. The van der Waals surface area contributed by atoms with Crippen LogP contribution >= 0.6 is 0 Å². The third kappa shape index (κ3) is 3.03. The number of halogens is 3. The summed E-state index contributed by atoms with van der Waals surface area (Å²) in [6.07, 6.45) is -5.12. The number of hydrogen-bond donors (Lipinski definition) is 0. The molecule has 0 radical (unpaired) electrons. The zero-order valence-corrected chi connectivity index (χ0v) is 12.0. The number of anilines is 1. The standard InChI is InChI=1S/C14H13F3N2O4/c1-2-8-10(7-18(22)23)9-5-3-4-6-11(9)19(12(8)20)13(21)14(15,16)17/h3-6,8,10H,2,7H2,1H3/t8-,10-/m0/s1. The SMILES string of the molecule is CC[C@@H]1C(=O)N(C(=O)C(F)(F)F)c2ccccc2[C@H]1C[N+](=O)[O-]. The Morgan fingerprint density at radius 2 is 1.91 bits per heavy atom. The molecule has 1 aromatic rings. The molecule has 1 aliphatic heterocycles. The molecular formula is C14H13F3N2O4. The lowest BCUT2D eigenvalue weighted by molar-refractivity contribution is -0.484. The highest BCUT2D eigenvalue weighted by molar-refractivity contribution is 6.19. The fraction of sp³-hybridized carbons (Fsp3) is 0.429. The fourth-order valence-corrected chi connectivity index (χ4v) is 2.86. The van der Waals surface area contributed by atoms with Gasteiger partial charge in [0.15, 0.2) is 0 Å². The van der Waals surface area contributed by atoms with Gasteiger partial charge < -0.3 is 0 Å². The Balaban J connectivity index is 2.60. The van der Waals surface area contributed by atoms with Gasteiger partial charge in [0.1, 0.15) is 0 Å². The summed E-state index contributed by atoms with van der Waals surface area (Å²) in [5.74, 6) is -5.26. The van der Waals surface area contributed by atoms with Crippen molar-refractivity contribution in [3.8, 4) is 0 Å². The van der Waals surface area contributed by atoms with Crippen LogP contribution in [-0.2, 0) is 9.59 Å². The summed E-state index contributed by atoms with van der Waals surface area (Å²) in [4.78, 5) is 34.3. The molecule has 1 heterocycles. The van der Waals surface area contributed by atoms with Gasteiger partial charge in [-0.1, -0.05) is 25.1 Å². The fourth-order valence-electron chi connectivity index (χ4n) is 2.86. The van der Waals surface area contributed by atoms with E-state index < -0.39 is 41.3 Å². The van der Waals surface area contributed by atoms with Gasteiger partial charge in [0.2, 0.25) is 12.5 Å². The smallest absolute Gasteiger partial charge is 0.274 e. The van der Waals surface area contributed by atoms with Gasteiger partial charge in [0.05, 0.1) is 17.5 Å². The maximum absolute atomic E-state index is 12.8. The van der Waals surface area contributed by atoms with Crippen LogP contribution in [-0.4, -0.2) is 29.5 Å². The van der Waals surface area contributed by atoms with Crippen LogP contribution in [0.1, 0.15) is 24.8 Å². The number of carbonyl (C=O) groups excluding carboxylic acids is 2. The molecule has 0 aliphatic carbocycles. The molecule has 2 amide bonds. The molecule has 0 N–H and O–H groups in total. The normalized spacial score (nSPS) is 21.0. The molecule has 0 aromatic heterocycles. The van der Waals surface area contributed by atoms with E-state index in [4.69, 9.17) is 0 Å². The first kappa shape index (κ1) is 16.9. The Morgan fingerprint density at radius 1 is 1.30 bits per heavy atom. The molecule has 0 fully saturated rings. The van der Waals surface area contributed by atoms with Gasteiger partial charge in [0, 0.05) is 4.92 Å². The lowest BCUT2D eigenvalue weighted by atomic mass is 9.79. The summed E-state index contributed by atoms with van der Waals surface area (Å²) < 4.78 is 38.4. The number of amides is 2. The van der Waals surface area contributed by atoms with Gasteiger partial charge in [-0.2, -0.15) is 13.2 Å². The van der Waals surface area contributed by atoms with Crippen molar-refractivity contribution in [3.63, 3.8) is 0 Å². The third-order valence-electron chi connectivity index (χ3n) is 3.83. The van der Waals surface area contributed by atoms with Crippen LogP contribution in [0.2, 0.25) is 0 Å². The van der Waals surface area contributed by atoms with Crippen molar-refractivity contribution in [2.45, 2.75) is 25.4 Å². The number of para-hydroxylation sites is 1. The maximum Gasteiger partial charge on any atom is 0.472 e. The average molecular weight is 330 g/mol. The summed E-state index contributed by atoms with van der Waals surface area (Å²) in [5.41, 5.74) is -0.0374. The zero-order valence-electron chi connectivity index (χ0n) is 12.0. The van der Waals surface area contributed by atoms with Crippen LogP contribution < -0.4 is 4.90 Å². The Kier molecular flexibility index (Phi) is 4.39. The topological polar surface area (TPSA) is 80.5 Å². The second kappa shape index (κ2) is 5.98. The Labute approximate surface area is 129 Å². The van der Waals surface area contributed by atoms with Gasteiger partial charge >= 0.3 is 12.1 Å². The van der Waals surface area contributed by atoms with E-state index in [2.05, 4.69) is 0 Å². The molecule has 2 rings (SSSR count). The molecule has 0 saturated carbocycles. The monoisotopic (exact) mass is 330 g/mol. The Hall–Kier alpha value is -2.45. The van der Waals surface area contributed by atoms with Crippen LogP contribution in [0.5, 0.6) is 0 Å². The summed E-state index contributed by atoms with van der Waals surface area (Å²) in [6.45, 7) is 0.953. The number of alkyl halides is 3. The van der Waals surface area contributed by atoms with E-state index in [1.165, 1.54) is 24.3 Å². The molecule has 1 aromatic carbocycles. The predicted octanol–water partition coefficient (Wildman–Crippen LogP) is 2.51. The largest absolute Gasteiger partial charge is 0.472 e. The van der Waals surface area contributed by atoms with Crippen LogP contribution in [0.3, 0.4) is 0 Å². The quantitative estimate of drug-likeness (QED) is 0.630. The molecule has 124 valence electrons. The molecule has 0 bridgehead atoms. The van der Waals surface area contributed by atoms with Gasteiger partial charge in [-0.25, -0.2) is 4.90 Å². The first-order valence-electron chi connectivity index (χ1n) is 6.84. The van der Waals surface area contributed by atoms with Gasteiger partial charge in [-0.3, -0.25) is 19.7 Å². The van der Waals surface area contributed by atoms with E-state index >= 15 is 0 Å². The molecule has 9 heteroatoms. The number of fused-ring (bicyclic) bond motifs is 1. The van der Waals surface area contributed by atoms with Crippen LogP contribution in [0.15, 0.2) is 24.3 Å². The lowest BCUT2D eigenvalue weighted by Gasteiger charge is -2.36. The minimum absolute atomic E-state index is 0.0906. The highest BCUT2D eigenvalue weighted by Crippen LogP contribution is 2.42. The van der Waals surface area contributed by atoms with Crippen molar-refractivity contribution >= 4 is 17.5 Å². The van der Waals surface area contributed by atoms with Crippen LogP contribution in [0.4, 0.5) is 18.9 Å². The van der Waals surface area contributed by atoms with E-state index in [0.717, 1.165) is 0 Å². The van der Waals surface area contributed by atoms with Gasteiger partial charge in [0.25, 0.3) is 0 Å². The summed E-state index contributed by atoms with van der Waals surface area (Å²) in [5, 5.41) is 10.9. The molecule has 2 atom stereocenters. The van der Waals surface area contributed by atoms with Gasteiger partial charge in [-0.05, 0) is 18.1 Å². The number of nitro groups is 1. The van der Waals surface area contributed by atoms with Crippen molar-refractivity contribution in [3.05, 3.63) is 39.9 Å². The van der Waals surface area contributed by atoms with E-state index in [1.807, 2.05) is 0 Å². The van der Waals surface area contributed by atoms with Crippen LogP contribution in [0.25, 0.3) is 0 Å². The number of benzene rings is 1. The number of rotatable bonds is 3. The van der Waals surface area contributed by atoms with E-state index in [0.29, 0.717) is 0 Å². The average Bonchev–Trinajstić information content (AvgIpc) is 2.46. The van der Waals surface area contributed by atoms with E-state index in [-0.39, 0.29) is 22.6 Å². The van der Waals surface area contributed by atoms with Crippen LogP contribution in [0, 0.1) is 16.0 Å². The lowest BCUT2D eigenvalue weighted by Crippen LogP contribution is -2.52. The number of hydrogen-bond acceptors (Lipinski definition) is 4. The first-order valence-corrected chi connectivity index (χ1v) is 6.84. The third-order valence-corrected chi connectivity index (χ3v) is 3.83. The highest BCUT2D eigenvalue weighted by atomic mass is 19.4. The summed E-state index contributed by atoms with van der Waals surface area (Å²) in [6, 6.07) is 5.48. The minimum atomic E-state index is -5.21. The number of carbonyl (C=O) groups is 2. The second-order valence-electron chi connectivity index (χ2n) is 5.17. The minimum Gasteiger partial charge on any atom is -0.274 e. The summed E-state index contributed by atoms with van der Waals surface area (Å²) >= 11 is 0. The molecule has 1 aliphatic rings. The van der Waals surface area contributed by atoms with E-state index in [9.17, 15) is 32.9 Å². The number of nitrogens with zero attached hydrogens (tertiary/aromatic N) is 2. The van der Waals surface area contributed by atoms with Gasteiger partial charge in [-0.15, -0.1) is 0 Å². The van der Waals surface area contributed by atoms with Crippen molar-refractivity contribution < 1.29 is 27.7 Å². The van der Waals surface area contributed by atoms with Crippen molar-refractivity contribution in [1.29, 1.82) is 0 Å². The highest BCUT2D eigenvalue weighted by Gasteiger charge is 2.51. The Morgan fingerprint density at radius 3 is 2.43 bits per heavy atom. The van der Waals surface area contributed by atoms with Crippen molar-refractivity contribution in [2.24, 2.45) is 5.92 Å². The first-order chi connectivity index (χ1) is 10.7. The van der Waals surface area contributed by atoms with E-state index in [1.54, 1.807) is 6.92 Å². The number of imide groups is 1. The maximum atomic E-state index is 12.8. The molecular weight excluding hydrogens is 317 g/mol. The zero-order chi connectivity index (χ0) is 17.4. The predicted molar refractivity (Wildman–Crippen MR) is 73.4 cm³/mol. The van der Waals surface area contributed by atoms with Crippen molar-refractivity contribution in [1.82, 2.24) is 0 Å².